The third-order valence-corrected chi connectivity index (χ3v) is 5.41. The van der Waals surface area contributed by atoms with Gasteiger partial charge in [0.1, 0.15) is 6.73 Å². The zero-order valence-electron chi connectivity index (χ0n) is 12.1. The molecule has 110 valence electrons. The highest BCUT2D eigenvalue weighted by molar-refractivity contribution is 9.10. The average molecular weight is 358 g/mol. The SMILES string of the molecule is C[Si](C)(C)CCOCn1cnc2nc(CO)c(Br)cc21. The van der Waals surface area contributed by atoms with Crippen molar-refractivity contribution in [3.05, 3.63) is 22.6 Å². The Hall–Kier alpha value is -0.763. The summed E-state index contributed by atoms with van der Waals surface area (Å²) in [4.78, 5) is 8.55. The lowest BCUT2D eigenvalue weighted by Gasteiger charge is -2.15. The fraction of sp³-hybridized carbons (Fsp3) is 0.538. The summed E-state index contributed by atoms with van der Waals surface area (Å²) in [5, 5.41) is 9.19. The smallest absolute Gasteiger partial charge is 0.178 e. The van der Waals surface area contributed by atoms with Gasteiger partial charge in [0.15, 0.2) is 5.65 Å². The maximum atomic E-state index is 9.19. The van der Waals surface area contributed by atoms with Gasteiger partial charge in [0.05, 0.1) is 24.1 Å². The van der Waals surface area contributed by atoms with Crippen LogP contribution in [0, 0.1) is 0 Å². The van der Waals surface area contributed by atoms with Crippen LogP contribution in [0.4, 0.5) is 0 Å². The standard InChI is InChI=1S/C13H20BrN3O2Si/c1-20(2,3)5-4-19-9-17-8-15-13-12(17)6-10(14)11(7-18)16-13/h6,8,18H,4-5,7,9H2,1-3H3. The van der Waals surface area contributed by atoms with Crippen LogP contribution in [-0.2, 0) is 18.1 Å². The lowest BCUT2D eigenvalue weighted by atomic mass is 10.3. The molecule has 0 aliphatic heterocycles. The zero-order valence-corrected chi connectivity index (χ0v) is 14.6. The Bertz CT molecular complexity index is 595. The Balaban J connectivity index is 2.06. The first-order valence-corrected chi connectivity index (χ1v) is 11.1. The summed E-state index contributed by atoms with van der Waals surface area (Å²) in [5.41, 5.74) is 2.13. The van der Waals surface area contributed by atoms with E-state index >= 15 is 0 Å². The van der Waals surface area contributed by atoms with E-state index < -0.39 is 8.07 Å². The summed E-state index contributed by atoms with van der Waals surface area (Å²) < 4.78 is 8.44. The van der Waals surface area contributed by atoms with Crippen molar-refractivity contribution in [2.75, 3.05) is 6.61 Å². The molecule has 0 fully saturated rings. The van der Waals surface area contributed by atoms with Gasteiger partial charge in [-0.1, -0.05) is 19.6 Å². The van der Waals surface area contributed by atoms with Crippen LogP contribution >= 0.6 is 15.9 Å². The molecule has 0 spiro atoms. The number of nitrogens with zero attached hydrogens (tertiary/aromatic N) is 3. The van der Waals surface area contributed by atoms with Gasteiger partial charge in [0.2, 0.25) is 0 Å². The second-order valence-electron chi connectivity index (χ2n) is 5.98. The number of halogens is 1. The predicted molar refractivity (Wildman–Crippen MR) is 85.3 cm³/mol. The van der Waals surface area contributed by atoms with Gasteiger partial charge in [-0.25, -0.2) is 9.97 Å². The first kappa shape index (κ1) is 15.6. The van der Waals surface area contributed by atoms with Crippen molar-refractivity contribution in [2.24, 2.45) is 0 Å². The highest BCUT2D eigenvalue weighted by Gasteiger charge is 2.13. The van der Waals surface area contributed by atoms with Crippen molar-refractivity contribution in [3.8, 4) is 0 Å². The highest BCUT2D eigenvalue weighted by Crippen LogP contribution is 2.21. The third-order valence-electron chi connectivity index (χ3n) is 3.01. The van der Waals surface area contributed by atoms with Crippen molar-refractivity contribution in [1.29, 1.82) is 0 Å². The lowest BCUT2D eigenvalue weighted by molar-refractivity contribution is 0.0898. The van der Waals surface area contributed by atoms with Crippen LogP contribution in [0.2, 0.25) is 25.7 Å². The minimum absolute atomic E-state index is 0.101. The number of pyridine rings is 1. The zero-order chi connectivity index (χ0) is 14.8. The number of aliphatic hydroxyl groups excluding tert-OH is 1. The molecule has 0 aliphatic carbocycles. The molecule has 0 amide bonds. The summed E-state index contributed by atoms with van der Waals surface area (Å²) in [6, 6.07) is 3.07. The molecule has 2 heterocycles. The Kier molecular flexibility index (Phi) is 4.95. The number of aromatic nitrogens is 3. The monoisotopic (exact) mass is 357 g/mol. The van der Waals surface area contributed by atoms with Crippen LogP contribution in [0.25, 0.3) is 11.2 Å². The molecule has 0 unspecified atom stereocenters. The fourth-order valence-corrected chi connectivity index (χ4v) is 2.94. The van der Waals surface area contributed by atoms with Crippen molar-refractivity contribution in [3.63, 3.8) is 0 Å². The highest BCUT2D eigenvalue weighted by atomic mass is 79.9. The minimum atomic E-state index is -1.05. The van der Waals surface area contributed by atoms with Gasteiger partial charge < -0.3 is 14.4 Å². The van der Waals surface area contributed by atoms with E-state index in [0.29, 0.717) is 18.1 Å². The molecule has 0 aliphatic rings. The van der Waals surface area contributed by atoms with Gasteiger partial charge in [-0.15, -0.1) is 0 Å². The van der Waals surface area contributed by atoms with E-state index in [1.165, 1.54) is 0 Å². The van der Waals surface area contributed by atoms with E-state index in [0.717, 1.165) is 22.6 Å². The topological polar surface area (TPSA) is 60.2 Å². The molecule has 0 saturated heterocycles. The van der Waals surface area contributed by atoms with Crippen LogP contribution in [-0.4, -0.2) is 34.3 Å². The average Bonchev–Trinajstić information content (AvgIpc) is 2.75. The van der Waals surface area contributed by atoms with Gasteiger partial charge in [-0.3, -0.25) is 0 Å². The first-order chi connectivity index (χ1) is 9.40. The number of ether oxygens (including phenoxy) is 1. The molecule has 2 rings (SSSR count). The maximum Gasteiger partial charge on any atom is 0.178 e. The van der Waals surface area contributed by atoms with Gasteiger partial charge >= 0.3 is 0 Å². The molecule has 0 bridgehead atoms. The normalized spacial score (nSPS) is 12.2. The first-order valence-electron chi connectivity index (χ1n) is 6.59. The van der Waals surface area contributed by atoms with Crippen LogP contribution in [0.15, 0.2) is 16.9 Å². The number of rotatable bonds is 6. The number of imidazole rings is 1. The van der Waals surface area contributed by atoms with Gasteiger partial charge in [-0.05, 0) is 28.0 Å². The molecule has 2 aromatic rings. The summed E-state index contributed by atoms with van der Waals surface area (Å²) in [7, 11) is -1.05. The Labute approximate surface area is 128 Å². The Morgan fingerprint density at radius 3 is 2.80 bits per heavy atom. The molecule has 7 heteroatoms. The molecule has 20 heavy (non-hydrogen) atoms. The van der Waals surface area contributed by atoms with E-state index in [2.05, 4.69) is 45.5 Å². The van der Waals surface area contributed by atoms with Crippen molar-refractivity contribution >= 4 is 35.2 Å². The van der Waals surface area contributed by atoms with Crippen LogP contribution in [0.3, 0.4) is 0 Å². The lowest BCUT2D eigenvalue weighted by Crippen LogP contribution is -2.21. The second kappa shape index (κ2) is 6.34. The van der Waals surface area contributed by atoms with E-state index in [9.17, 15) is 5.11 Å². The number of hydrogen-bond acceptors (Lipinski definition) is 4. The summed E-state index contributed by atoms with van der Waals surface area (Å²) in [5.74, 6) is 0. The van der Waals surface area contributed by atoms with E-state index in [4.69, 9.17) is 4.74 Å². The van der Waals surface area contributed by atoms with E-state index in [1.54, 1.807) is 6.33 Å². The predicted octanol–water partition coefficient (Wildman–Crippen LogP) is 3.00. The molecule has 0 radical (unpaired) electrons. The number of aliphatic hydroxyl groups is 1. The molecule has 5 nitrogen and oxygen atoms in total. The van der Waals surface area contributed by atoms with Crippen LogP contribution in [0.1, 0.15) is 5.69 Å². The van der Waals surface area contributed by atoms with Crippen molar-refractivity contribution < 1.29 is 9.84 Å². The molecular formula is C13H20BrN3O2Si. The van der Waals surface area contributed by atoms with Gasteiger partial charge in [0.25, 0.3) is 0 Å². The Morgan fingerprint density at radius 1 is 1.40 bits per heavy atom. The van der Waals surface area contributed by atoms with Crippen molar-refractivity contribution in [1.82, 2.24) is 14.5 Å². The molecule has 2 aromatic heterocycles. The van der Waals surface area contributed by atoms with E-state index in [-0.39, 0.29) is 6.61 Å². The molecule has 0 aromatic carbocycles. The minimum Gasteiger partial charge on any atom is -0.390 e. The summed E-state index contributed by atoms with van der Waals surface area (Å²) >= 11 is 3.41. The van der Waals surface area contributed by atoms with Crippen molar-refractivity contribution in [2.45, 2.75) is 39.0 Å². The molecular weight excluding hydrogens is 338 g/mol. The van der Waals surface area contributed by atoms with Gasteiger partial charge in [-0.2, -0.15) is 0 Å². The van der Waals surface area contributed by atoms with Crippen LogP contribution in [0.5, 0.6) is 0 Å². The van der Waals surface area contributed by atoms with Gasteiger partial charge in [0, 0.05) is 19.2 Å². The Morgan fingerprint density at radius 2 is 2.15 bits per heavy atom. The summed E-state index contributed by atoms with van der Waals surface area (Å²) in [6.45, 7) is 8.16. The maximum absolute atomic E-state index is 9.19. The number of hydrogen-bond donors (Lipinski definition) is 1. The molecule has 1 N–H and O–H groups in total. The van der Waals surface area contributed by atoms with Crippen LogP contribution < -0.4 is 0 Å². The number of fused-ring (bicyclic) bond motifs is 1. The van der Waals surface area contributed by atoms with E-state index in [1.807, 2.05) is 10.6 Å². The molecule has 0 saturated carbocycles. The quantitative estimate of drug-likeness (QED) is 0.637. The fourth-order valence-electron chi connectivity index (χ4n) is 1.75. The largest absolute Gasteiger partial charge is 0.390 e. The summed E-state index contributed by atoms with van der Waals surface area (Å²) in [6.07, 6.45) is 1.72. The second-order valence-corrected chi connectivity index (χ2v) is 12.5. The molecule has 0 atom stereocenters. The third kappa shape index (κ3) is 3.88.